The summed E-state index contributed by atoms with van der Waals surface area (Å²) < 4.78 is 10.6. The Labute approximate surface area is 163 Å². The highest BCUT2D eigenvalue weighted by atomic mass is 16.5. The van der Waals surface area contributed by atoms with Gasteiger partial charge in [0.25, 0.3) is 0 Å². The SMILES string of the molecule is CCOc1ccc([C@H]2NC(=O)N(CC(=O)N3CCCC3)C3=C2C(=O)OC3)cc1. The zero-order valence-electron chi connectivity index (χ0n) is 15.8. The highest BCUT2D eigenvalue weighted by Crippen LogP contribution is 2.35. The minimum absolute atomic E-state index is 0.00238. The summed E-state index contributed by atoms with van der Waals surface area (Å²) in [6, 6.07) is 6.23. The molecule has 1 fully saturated rings. The first-order chi connectivity index (χ1) is 13.6. The third kappa shape index (κ3) is 3.30. The zero-order valence-corrected chi connectivity index (χ0v) is 15.8. The Kier molecular flexibility index (Phi) is 4.93. The van der Waals surface area contributed by atoms with Crippen molar-refractivity contribution in [3.05, 3.63) is 41.1 Å². The van der Waals surface area contributed by atoms with Crippen LogP contribution in [0.2, 0.25) is 0 Å². The number of ether oxygens (including phenoxy) is 2. The van der Waals surface area contributed by atoms with Crippen LogP contribution in [-0.4, -0.2) is 60.6 Å². The summed E-state index contributed by atoms with van der Waals surface area (Å²) in [5.41, 5.74) is 1.62. The minimum Gasteiger partial charge on any atom is -0.494 e. The van der Waals surface area contributed by atoms with E-state index in [9.17, 15) is 14.4 Å². The van der Waals surface area contributed by atoms with E-state index in [0.29, 0.717) is 31.0 Å². The number of rotatable bonds is 5. The molecule has 28 heavy (non-hydrogen) atoms. The number of nitrogens with zero attached hydrogens (tertiary/aromatic N) is 2. The number of benzene rings is 1. The lowest BCUT2D eigenvalue weighted by atomic mass is 9.95. The number of carbonyl (C=O) groups excluding carboxylic acids is 3. The maximum atomic E-state index is 12.8. The average molecular weight is 385 g/mol. The number of hydrogen-bond acceptors (Lipinski definition) is 5. The predicted octanol–water partition coefficient (Wildman–Crippen LogP) is 1.58. The molecule has 0 unspecified atom stereocenters. The second-order valence-electron chi connectivity index (χ2n) is 7.00. The average Bonchev–Trinajstić information content (AvgIpc) is 3.35. The Balaban J connectivity index is 1.60. The Morgan fingerprint density at radius 1 is 1.21 bits per heavy atom. The third-order valence-corrected chi connectivity index (χ3v) is 5.27. The molecule has 8 nitrogen and oxygen atoms in total. The van der Waals surface area contributed by atoms with E-state index >= 15 is 0 Å². The van der Waals surface area contributed by atoms with Crippen LogP contribution in [0.15, 0.2) is 35.5 Å². The number of urea groups is 1. The van der Waals surface area contributed by atoms with Gasteiger partial charge in [0.1, 0.15) is 18.9 Å². The second kappa shape index (κ2) is 7.53. The molecule has 0 saturated carbocycles. The number of hydrogen-bond donors (Lipinski definition) is 1. The van der Waals surface area contributed by atoms with Crippen LogP contribution in [-0.2, 0) is 14.3 Å². The van der Waals surface area contributed by atoms with Crippen LogP contribution in [0.1, 0.15) is 31.4 Å². The van der Waals surface area contributed by atoms with Gasteiger partial charge < -0.3 is 19.7 Å². The Morgan fingerprint density at radius 2 is 1.93 bits per heavy atom. The van der Waals surface area contributed by atoms with Gasteiger partial charge in [-0.2, -0.15) is 0 Å². The van der Waals surface area contributed by atoms with Crippen LogP contribution in [0.4, 0.5) is 4.79 Å². The first kappa shape index (κ1) is 18.3. The predicted molar refractivity (Wildman–Crippen MR) is 99.4 cm³/mol. The van der Waals surface area contributed by atoms with E-state index in [1.54, 1.807) is 17.0 Å². The lowest BCUT2D eigenvalue weighted by Gasteiger charge is -2.33. The molecule has 0 radical (unpaired) electrons. The summed E-state index contributed by atoms with van der Waals surface area (Å²) in [6.07, 6.45) is 1.96. The molecule has 0 aliphatic carbocycles. The molecule has 4 rings (SSSR count). The van der Waals surface area contributed by atoms with Crippen molar-refractivity contribution in [3.63, 3.8) is 0 Å². The summed E-state index contributed by atoms with van der Waals surface area (Å²) >= 11 is 0. The molecule has 148 valence electrons. The van der Waals surface area contributed by atoms with Gasteiger partial charge in [0.05, 0.1) is 23.9 Å². The molecular formula is C20H23N3O5. The molecule has 1 atom stereocenters. The maximum absolute atomic E-state index is 12.8. The van der Waals surface area contributed by atoms with Gasteiger partial charge in [-0.3, -0.25) is 9.69 Å². The fourth-order valence-corrected chi connectivity index (χ4v) is 3.85. The van der Waals surface area contributed by atoms with Gasteiger partial charge >= 0.3 is 12.0 Å². The van der Waals surface area contributed by atoms with Crippen LogP contribution < -0.4 is 10.1 Å². The highest BCUT2D eigenvalue weighted by molar-refractivity contribution is 5.98. The van der Waals surface area contributed by atoms with E-state index in [4.69, 9.17) is 9.47 Å². The zero-order chi connectivity index (χ0) is 19.7. The molecule has 3 aliphatic heterocycles. The van der Waals surface area contributed by atoms with Crippen molar-refractivity contribution >= 4 is 17.9 Å². The van der Waals surface area contributed by atoms with Crippen LogP contribution in [0.25, 0.3) is 0 Å². The number of nitrogens with one attached hydrogen (secondary N) is 1. The van der Waals surface area contributed by atoms with Gasteiger partial charge in [0.15, 0.2) is 0 Å². The number of carbonyl (C=O) groups is 3. The van der Waals surface area contributed by atoms with Crippen molar-refractivity contribution in [2.24, 2.45) is 0 Å². The molecule has 1 saturated heterocycles. The molecule has 1 aromatic carbocycles. The van der Waals surface area contributed by atoms with Gasteiger partial charge in [-0.25, -0.2) is 9.59 Å². The Morgan fingerprint density at radius 3 is 2.61 bits per heavy atom. The van der Waals surface area contributed by atoms with Gasteiger partial charge in [-0.05, 0) is 37.5 Å². The topological polar surface area (TPSA) is 88.2 Å². The lowest BCUT2D eigenvalue weighted by molar-refractivity contribution is -0.136. The fraction of sp³-hybridized carbons (Fsp3) is 0.450. The lowest BCUT2D eigenvalue weighted by Crippen LogP contribution is -2.50. The van der Waals surface area contributed by atoms with Gasteiger partial charge in [-0.15, -0.1) is 0 Å². The van der Waals surface area contributed by atoms with E-state index in [0.717, 1.165) is 24.2 Å². The molecule has 1 aromatic rings. The van der Waals surface area contributed by atoms with Crippen LogP contribution in [0.3, 0.4) is 0 Å². The number of amides is 3. The maximum Gasteiger partial charge on any atom is 0.338 e. The van der Waals surface area contributed by atoms with Gasteiger partial charge in [0, 0.05) is 13.1 Å². The van der Waals surface area contributed by atoms with E-state index < -0.39 is 18.0 Å². The first-order valence-electron chi connectivity index (χ1n) is 9.57. The number of esters is 1. The van der Waals surface area contributed by atoms with Crippen molar-refractivity contribution in [2.75, 3.05) is 32.8 Å². The third-order valence-electron chi connectivity index (χ3n) is 5.27. The molecule has 3 heterocycles. The standard InChI is InChI=1S/C20H23N3O5/c1-2-27-14-7-5-13(6-8-14)18-17-15(12-28-19(17)25)23(20(26)21-18)11-16(24)22-9-3-4-10-22/h5-8,18H,2-4,9-12H2,1H3,(H,21,26)/t18-/m1/s1. The van der Waals surface area contributed by atoms with E-state index in [1.807, 2.05) is 19.1 Å². The Bertz CT molecular complexity index is 827. The largest absolute Gasteiger partial charge is 0.494 e. The van der Waals surface area contributed by atoms with Crippen LogP contribution >= 0.6 is 0 Å². The van der Waals surface area contributed by atoms with Gasteiger partial charge in [0.2, 0.25) is 5.91 Å². The summed E-state index contributed by atoms with van der Waals surface area (Å²) in [4.78, 5) is 40.8. The monoisotopic (exact) mass is 385 g/mol. The van der Waals surface area contributed by atoms with Crippen molar-refractivity contribution in [1.29, 1.82) is 0 Å². The van der Waals surface area contributed by atoms with E-state index in [1.165, 1.54) is 4.90 Å². The fourth-order valence-electron chi connectivity index (χ4n) is 3.85. The van der Waals surface area contributed by atoms with Crippen molar-refractivity contribution < 1.29 is 23.9 Å². The molecule has 8 heteroatoms. The molecule has 3 amide bonds. The molecule has 0 bridgehead atoms. The molecule has 1 N–H and O–H groups in total. The summed E-state index contributed by atoms with van der Waals surface area (Å²) in [6.45, 7) is 3.80. The minimum atomic E-state index is -0.605. The molecule has 0 spiro atoms. The van der Waals surface area contributed by atoms with E-state index in [2.05, 4.69) is 5.32 Å². The first-order valence-corrected chi connectivity index (χ1v) is 9.57. The summed E-state index contributed by atoms with van der Waals surface area (Å²) in [7, 11) is 0. The Hall–Kier alpha value is -3.03. The van der Waals surface area contributed by atoms with Crippen molar-refractivity contribution in [1.82, 2.24) is 15.1 Å². The second-order valence-corrected chi connectivity index (χ2v) is 7.00. The summed E-state index contributed by atoms with van der Waals surface area (Å²) in [5.74, 6) is 0.139. The normalized spacial score (nSPS) is 21.5. The highest BCUT2D eigenvalue weighted by Gasteiger charge is 2.43. The number of likely N-dealkylation sites (tertiary alicyclic amines) is 1. The van der Waals surface area contributed by atoms with E-state index in [-0.39, 0.29) is 19.1 Å². The molecule has 0 aromatic heterocycles. The molecule has 3 aliphatic rings. The summed E-state index contributed by atoms with van der Waals surface area (Å²) in [5, 5.41) is 2.85. The quantitative estimate of drug-likeness (QED) is 0.778. The molecular weight excluding hydrogens is 362 g/mol. The van der Waals surface area contributed by atoms with Crippen LogP contribution in [0, 0.1) is 0 Å². The van der Waals surface area contributed by atoms with Crippen LogP contribution in [0.5, 0.6) is 5.75 Å². The number of cyclic esters (lactones) is 1. The van der Waals surface area contributed by atoms with Crippen molar-refractivity contribution in [3.8, 4) is 5.75 Å². The van der Waals surface area contributed by atoms with Gasteiger partial charge in [-0.1, -0.05) is 12.1 Å². The smallest absolute Gasteiger partial charge is 0.338 e. The van der Waals surface area contributed by atoms with Crippen molar-refractivity contribution in [2.45, 2.75) is 25.8 Å².